The standard InChI is InChI=1S/C19H20N4O2/c1-3-14-8-10-16(11-9-14)23-13-17(21-22-23)19(24)20-12-15-6-4-5-7-18(15)25-2/h4-11,13H,3,12H2,1-2H3,(H,20,24). The number of aryl methyl sites for hydroxylation is 1. The number of rotatable bonds is 6. The Morgan fingerprint density at radius 2 is 1.92 bits per heavy atom. The van der Waals surface area contributed by atoms with E-state index >= 15 is 0 Å². The summed E-state index contributed by atoms with van der Waals surface area (Å²) in [5, 5.41) is 10.8. The number of benzene rings is 2. The van der Waals surface area contributed by atoms with E-state index in [1.54, 1.807) is 18.0 Å². The Kier molecular flexibility index (Phi) is 5.09. The number of carbonyl (C=O) groups excluding carboxylic acids is 1. The van der Waals surface area contributed by atoms with Crippen LogP contribution in [0.3, 0.4) is 0 Å². The minimum atomic E-state index is -0.276. The van der Waals surface area contributed by atoms with Gasteiger partial charge < -0.3 is 10.1 Å². The number of aromatic nitrogens is 3. The summed E-state index contributed by atoms with van der Waals surface area (Å²) in [6, 6.07) is 15.6. The topological polar surface area (TPSA) is 69.0 Å². The average molecular weight is 336 g/mol. The molecule has 0 fully saturated rings. The van der Waals surface area contributed by atoms with E-state index in [1.165, 1.54) is 5.56 Å². The number of nitrogens with zero attached hydrogens (tertiary/aromatic N) is 3. The van der Waals surface area contributed by atoms with E-state index in [2.05, 4.69) is 22.6 Å². The maximum atomic E-state index is 12.3. The molecular weight excluding hydrogens is 316 g/mol. The predicted octanol–water partition coefficient (Wildman–Crippen LogP) is 2.77. The lowest BCUT2D eigenvalue weighted by atomic mass is 10.1. The zero-order chi connectivity index (χ0) is 17.6. The van der Waals surface area contributed by atoms with Crippen molar-refractivity contribution in [2.24, 2.45) is 0 Å². The van der Waals surface area contributed by atoms with Crippen molar-refractivity contribution in [3.63, 3.8) is 0 Å². The fraction of sp³-hybridized carbons (Fsp3) is 0.211. The minimum absolute atomic E-state index is 0.273. The molecule has 0 aliphatic heterocycles. The van der Waals surface area contributed by atoms with Gasteiger partial charge in [0, 0.05) is 12.1 Å². The molecule has 128 valence electrons. The lowest BCUT2D eigenvalue weighted by Gasteiger charge is -2.08. The molecule has 0 unspecified atom stereocenters. The van der Waals surface area contributed by atoms with E-state index < -0.39 is 0 Å². The number of methoxy groups -OCH3 is 1. The molecule has 0 aliphatic rings. The molecule has 0 aliphatic carbocycles. The van der Waals surface area contributed by atoms with E-state index in [4.69, 9.17) is 4.74 Å². The van der Waals surface area contributed by atoms with Crippen LogP contribution in [0, 0.1) is 0 Å². The van der Waals surface area contributed by atoms with Gasteiger partial charge in [-0.3, -0.25) is 4.79 Å². The largest absolute Gasteiger partial charge is 0.496 e. The summed E-state index contributed by atoms with van der Waals surface area (Å²) in [7, 11) is 1.61. The molecule has 0 atom stereocenters. The second-order valence-corrected chi connectivity index (χ2v) is 5.56. The van der Waals surface area contributed by atoms with E-state index in [0.29, 0.717) is 6.54 Å². The fourth-order valence-electron chi connectivity index (χ4n) is 2.49. The number of amides is 1. The third-order valence-electron chi connectivity index (χ3n) is 3.97. The molecular formula is C19H20N4O2. The Morgan fingerprint density at radius 1 is 1.16 bits per heavy atom. The molecule has 1 heterocycles. The number of ether oxygens (including phenoxy) is 1. The third-order valence-corrected chi connectivity index (χ3v) is 3.97. The number of hydrogen-bond acceptors (Lipinski definition) is 4. The van der Waals surface area contributed by atoms with Gasteiger partial charge in [-0.1, -0.05) is 42.5 Å². The highest BCUT2D eigenvalue weighted by molar-refractivity contribution is 5.91. The first-order chi connectivity index (χ1) is 12.2. The van der Waals surface area contributed by atoms with Gasteiger partial charge >= 0.3 is 0 Å². The summed E-state index contributed by atoms with van der Waals surface area (Å²) >= 11 is 0. The number of carbonyl (C=O) groups is 1. The molecule has 1 amide bonds. The van der Waals surface area contributed by atoms with Crippen molar-refractivity contribution in [2.75, 3.05) is 7.11 Å². The fourth-order valence-corrected chi connectivity index (χ4v) is 2.49. The Balaban J connectivity index is 1.68. The molecule has 25 heavy (non-hydrogen) atoms. The molecule has 0 bridgehead atoms. The average Bonchev–Trinajstić information content (AvgIpc) is 3.16. The molecule has 3 rings (SSSR count). The normalized spacial score (nSPS) is 10.5. The first kappa shape index (κ1) is 16.7. The van der Waals surface area contributed by atoms with Crippen LogP contribution in [-0.2, 0) is 13.0 Å². The van der Waals surface area contributed by atoms with Crippen molar-refractivity contribution in [3.8, 4) is 11.4 Å². The van der Waals surface area contributed by atoms with E-state index in [1.807, 2.05) is 48.5 Å². The number of nitrogens with one attached hydrogen (secondary N) is 1. The van der Waals surface area contributed by atoms with Crippen molar-refractivity contribution in [3.05, 3.63) is 71.5 Å². The quantitative estimate of drug-likeness (QED) is 0.751. The van der Waals surface area contributed by atoms with Gasteiger partial charge in [-0.05, 0) is 30.2 Å². The predicted molar refractivity (Wildman–Crippen MR) is 94.9 cm³/mol. The van der Waals surface area contributed by atoms with Gasteiger partial charge in [0.25, 0.3) is 5.91 Å². The first-order valence-corrected chi connectivity index (χ1v) is 8.13. The van der Waals surface area contributed by atoms with Gasteiger partial charge in [0.15, 0.2) is 5.69 Å². The smallest absolute Gasteiger partial charge is 0.273 e. The van der Waals surface area contributed by atoms with Gasteiger partial charge in [-0.2, -0.15) is 0 Å². The Labute approximate surface area is 146 Å². The number of hydrogen-bond donors (Lipinski definition) is 1. The van der Waals surface area contributed by atoms with Crippen molar-refractivity contribution in [1.82, 2.24) is 20.3 Å². The van der Waals surface area contributed by atoms with Crippen molar-refractivity contribution in [2.45, 2.75) is 19.9 Å². The first-order valence-electron chi connectivity index (χ1n) is 8.13. The van der Waals surface area contributed by atoms with Crippen molar-refractivity contribution >= 4 is 5.91 Å². The van der Waals surface area contributed by atoms with Crippen LogP contribution in [-0.4, -0.2) is 28.0 Å². The van der Waals surface area contributed by atoms with Crippen LogP contribution in [0.2, 0.25) is 0 Å². The van der Waals surface area contributed by atoms with Gasteiger partial charge in [-0.15, -0.1) is 5.10 Å². The molecule has 3 aromatic rings. The van der Waals surface area contributed by atoms with Crippen LogP contribution in [0.25, 0.3) is 5.69 Å². The van der Waals surface area contributed by atoms with Crippen LogP contribution in [0.5, 0.6) is 5.75 Å². The molecule has 0 spiro atoms. The Morgan fingerprint density at radius 3 is 2.64 bits per heavy atom. The SMILES string of the molecule is CCc1ccc(-n2cc(C(=O)NCc3ccccc3OC)nn2)cc1. The maximum absolute atomic E-state index is 12.3. The summed E-state index contributed by atoms with van der Waals surface area (Å²) < 4.78 is 6.88. The Hall–Kier alpha value is -3.15. The highest BCUT2D eigenvalue weighted by Gasteiger charge is 2.12. The molecule has 6 heteroatoms. The summed E-state index contributed by atoms with van der Waals surface area (Å²) in [4.78, 5) is 12.3. The van der Waals surface area contributed by atoms with E-state index in [-0.39, 0.29) is 11.6 Å². The van der Waals surface area contributed by atoms with Crippen LogP contribution >= 0.6 is 0 Å². The molecule has 6 nitrogen and oxygen atoms in total. The zero-order valence-corrected chi connectivity index (χ0v) is 14.3. The summed E-state index contributed by atoms with van der Waals surface area (Å²) in [5.74, 6) is 0.463. The van der Waals surface area contributed by atoms with E-state index in [0.717, 1.165) is 23.4 Å². The monoisotopic (exact) mass is 336 g/mol. The molecule has 1 N–H and O–H groups in total. The van der Waals surface area contributed by atoms with Crippen LogP contribution < -0.4 is 10.1 Å². The second-order valence-electron chi connectivity index (χ2n) is 5.56. The summed E-state index contributed by atoms with van der Waals surface area (Å²) in [6.07, 6.45) is 2.60. The van der Waals surface area contributed by atoms with Crippen LogP contribution in [0.1, 0.15) is 28.5 Å². The Bertz CT molecular complexity index is 856. The van der Waals surface area contributed by atoms with Gasteiger partial charge in [0.1, 0.15) is 5.75 Å². The van der Waals surface area contributed by atoms with Gasteiger partial charge in [-0.25, -0.2) is 4.68 Å². The zero-order valence-electron chi connectivity index (χ0n) is 14.3. The molecule has 0 saturated heterocycles. The molecule has 2 aromatic carbocycles. The molecule has 1 aromatic heterocycles. The second kappa shape index (κ2) is 7.61. The molecule has 0 saturated carbocycles. The summed E-state index contributed by atoms with van der Waals surface area (Å²) in [6.45, 7) is 2.47. The number of para-hydroxylation sites is 1. The van der Waals surface area contributed by atoms with Gasteiger partial charge in [0.2, 0.25) is 0 Å². The van der Waals surface area contributed by atoms with E-state index in [9.17, 15) is 4.79 Å². The van der Waals surface area contributed by atoms with Crippen LogP contribution in [0.15, 0.2) is 54.7 Å². The lowest BCUT2D eigenvalue weighted by Crippen LogP contribution is -2.23. The highest BCUT2D eigenvalue weighted by Crippen LogP contribution is 2.17. The van der Waals surface area contributed by atoms with Crippen molar-refractivity contribution < 1.29 is 9.53 Å². The third kappa shape index (κ3) is 3.85. The highest BCUT2D eigenvalue weighted by atomic mass is 16.5. The van der Waals surface area contributed by atoms with Crippen LogP contribution in [0.4, 0.5) is 0 Å². The maximum Gasteiger partial charge on any atom is 0.273 e. The lowest BCUT2D eigenvalue weighted by molar-refractivity contribution is 0.0945. The van der Waals surface area contributed by atoms with Crippen molar-refractivity contribution in [1.29, 1.82) is 0 Å². The molecule has 0 radical (unpaired) electrons. The summed E-state index contributed by atoms with van der Waals surface area (Å²) in [5.41, 5.74) is 3.29. The minimum Gasteiger partial charge on any atom is -0.496 e. The van der Waals surface area contributed by atoms with Gasteiger partial charge in [0.05, 0.1) is 19.0 Å².